The van der Waals surface area contributed by atoms with E-state index in [1.807, 2.05) is 0 Å². The van der Waals surface area contributed by atoms with Crippen LogP contribution in [0.1, 0.15) is 5.56 Å². The maximum Gasteiger partial charge on any atom is 0.335 e. The number of phenolic OH excluding ortho intramolecular Hbond substituents is 2. The van der Waals surface area contributed by atoms with Crippen molar-refractivity contribution in [1.29, 1.82) is 0 Å². The van der Waals surface area contributed by atoms with Crippen LogP contribution in [0, 0.1) is 0 Å². The Morgan fingerprint density at radius 2 is 1.69 bits per heavy atom. The predicted octanol–water partition coefficient (Wildman–Crippen LogP) is 1.73. The van der Waals surface area contributed by atoms with Gasteiger partial charge in [-0.25, -0.2) is 4.79 Å². The lowest BCUT2D eigenvalue weighted by Crippen LogP contribution is -2.61. The zero-order valence-corrected chi connectivity index (χ0v) is 21.9. The normalized spacial score (nSPS) is 22.0. The first kappa shape index (κ1) is 28.7. The summed E-state index contributed by atoms with van der Waals surface area (Å²) in [6.45, 7) is -0.230. The van der Waals surface area contributed by atoms with E-state index in [0.717, 1.165) is 0 Å². The molecule has 3 aromatic carbocycles. The van der Waals surface area contributed by atoms with Crippen molar-refractivity contribution in [1.82, 2.24) is 0 Å². The Bertz CT molecular complexity index is 1660. The topological polar surface area (TPSA) is 206 Å². The van der Waals surface area contributed by atoms with Gasteiger partial charge in [0, 0.05) is 17.7 Å². The number of aliphatic carboxylic acids is 1. The van der Waals surface area contributed by atoms with Gasteiger partial charge in [0.2, 0.25) is 12.0 Å². The zero-order chi connectivity index (χ0) is 30.1. The number of carbonyl (C=O) groups is 1. The van der Waals surface area contributed by atoms with Gasteiger partial charge in [0.15, 0.2) is 23.0 Å². The number of aromatic hydroxyl groups is 2. The Hall–Kier alpha value is -4.82. The number of aliphatic hydroxyl groups excluding tert-OH is 3. The molecule has 220 valence electrons. The summed E-state index contributed by atoms with van der Waals surface area (Å²) in [6.07, 6.45) is -9.67. The highest BCUT2D eigenvalue weighted by atomic mass is 16.7. The van der Waals surface area contributed by atoms with Crippen molar-refractivity contribution in [2.75, 3.05) is 7.11 Å². The summed E-state index contributed by atoms with van der Waals surface area (Å²) in [4.78, 5) is 24.7. The van der Waals surface area contributed by atoms with E-state index >= 15 is 0 Å². The summed E-state index contributed by atoms with van der Waals surface area (Å²) in [5.74, 6) is -2.43. The zero-order valence-electron chi connectivity index (χ0n) is 21.9. The number of rotatable bonds is 8. The molecule has 0 bridgehead atoms. The second-order valence-corrected chi connectivity index (χ2v) is 9.44. The molecule has 13 heteroatoms. The summed E-state index contributed by atoms with van der Waals surface area (Å²) in [5, 5.41) is 60.8. The Morgan fingerprint density at radius 3 is 2.36 bits per heavy atom. The van der Waals surface area contributed by atoms with Crippen LogP contribution in [0.25, 0.3) is 22.3 Å². The van der Waals surface area contributed by atoms with Crippen LogP contribution in [0.2, 0.25) is 0 Å². The molecular formula is C29H26O13. The van der Waals surface area contributed by atoms with Gasteiger partial charge in [-0.15, -0.1) is 0 Å². The fourth-order valence-electron chi connectivity index (χ4n) is 4.46. The standard InChI is InChI=1S/C29H26O13/c1-38-16-7-5-14(6-8-16)18-10-17(31)21-19(40-18)11-20(26(22(21)32)39-12-13-3-2-4-15(30)9-13)41-29-25(35)23(33)24(34)27(42-29)28(36)37/h2-11,23-25,27,29-30,32-35H,12H2,1H3,(H,36,37)/t23-,24+,25-,27+,29-/m1/s1. The summed E-state index contributed by atoms with van der Waals surface area (Å²) < 4.78 is 27.7. The molecule has 2 heterocycles. The van der Waals surface area contributed by atoms with E-state index in [4.69, 9.17) is 23.4 Å². The van der Waals surface area contributed by atoms with Crippen LogP contribution < -0.4 is 19.6 Å². The van der Waals surface area contributed by atoms with E-state index in [9.17, 15) is 40.2 Å². The Labute approximate surface area is 236 Å². The van der Waals surface area contributed by atoms with Gasteiger partial charge in [-0.1, -0.05) is 12.1 Å². The lowest BCUT2D eigenvalue weighted by atomic mass is 9.99. The minimum Gasteiger partial charge on any atom is -0.508 e. The molecule has 4 aromatic rings. The van der Waals surface area contributed by atoms with Crippen LogP contribution in [0.4, 0.5) is 0 Å². The maximum atomic E-state index is 13.2. The van der Waals surface area contributed by atoms with E-state index < -0.39 is 53.6 Å². The van der Waals surface area contributed by atoms with Gasteiger partial charge in [-0.3, -0.25) is 4.79 Å². The van der Waals surface area contributed by atoms with Gasteiger partial charge in [0.25, 0.3) is 0 Å². The van der Waals surface area contributed by atoms with Gasteiger partial charge >= 0.3 is 5.97 Å². The summed E-state index contributed by atoms with van der Waals surface area (Å²) >= 11 is 0. The molecule has 5 atom stereocenters. The fourth-order valence-corrected chi connectivity index (χ4v) is 4.46. The number of ether oxygens (including phenoxy) is 4. The van der Waals surface area contributed by atoms with Crippen LogP contribution in [0.5, 0.6) is 28.7 Å². The lowest BCUT2D eigenvalue weighted by molar-refractivity contribution is -0.271. The van der Waals surface area contributed by atoms with E-state index in [1.165, 1.54) is 31.4 Å². The third kappa shape index (κ3) is 5.53. The predicted molar refractivity (Wildman–Crippen MR) is 144 cm³/mol. The van der Waals surface area contributed by atoms with Gasteiger partial charge in [0.1, 0.15) is 53.1 Å². The summed E-state index contributed by atoms with van der Waals surface area (Å²) in [7, 11) is 1.50. The monoisotopic (exact) mass is 582 g/mol. The number of phenols is 2. The number of hydrogen-bond donors (Lipinski definition) is 6. The molecule has 0 aliphatic carbocycles. The molecule has 1 saturated heterocycles. The minimum absolute atomic E-state index is 0.0481. The number of carboxylic acid groups (broad SMARTS) is 1. The van der Waals surface area contributed by atoms with Crippen molar-refractivity contribution in [3.8, 4) is 40.1 Å². The molecule has 1 aliphatic rings. The summed E-state index contributed by atoms with van der Waals surface area (Å²) in [5.41, 5.74) is 0.187. The van der Waals surface area contributed by atoms with E-state index in [1.54, 1.807) is 36.4 Å². The molecule has 1 fully saturated rings. The second-order valence-electron chi connectivity index (χ2n) is 9.44. The Kier molecular flexibility index (Phi) is 7.91. The molecule has 1 aromatic heterocycles. The highest BCUT2D eigenvalue weighted by molar-refractivity contribution is 5.89. The van der Waals surface area contributed by atoms with E-state index in [2.05, 4.69) is 0 Å². The average Bonchev–Trinajstić information content (AvgIpc) is 2.96. The van der Waals surface area contributed by atoms with Gasteiger partial charge in [-0.05, 0) is 42.0 Å². The molecule has 6 N–H and O–H groups in total. The number of fused-ring (bicyclic) bond motifs is 1. The SMILES string of the molecule is COc1ccc(-c2cc(=O)c3c(O)c(OCc4cccc(O)c4)c(O[C@@H]4O[C@H](C(=O)O)[C@@H](O)[C@@H](O)[C@H]4O)cc3o2)cc1. The number of benzene rings is 3. The highest BCUT2D eigenvalue weighted by Crippen LogP contribution is 2.44. The molecule has 13 nitrogen and oxygen atoms in total. The molecule has 0 unspecified atom stereocenters. The maximum absolute atomic E-state index is 13.2. The molecule has 0 saturated carbocycles. The summed E-state index contributed by atoms with van der Waals surface area (Å²) in [6, 6.07) is 15.0. The molecule has 0 amide bonds. The van der Waals surface area contributed by atoms with Crippen LogP contribution in [0.15, 0.2) is 69.9 Å². The molecular weight excluding hydrogens is 556 g/mol. The van der Waals surface area contributed by atoms with Gasteiger partial charge < -0.3 is 54.0 Å². The third-order valence-electron chi connectivity index (χ3n) is 6.64. The number of carboxylic acids is 1. The van der Waals surface area contributed by atoms with Crippen molar-refractivity contribution < 1.29 is 58.8 Å². The molecule has 0 radical (unpaired) electrons. The first-order chi connectivity index (χ1) is 20.1. The van der Waals surface area contributed by atoms with Crippen molar-refractivity contribution in [2.24, 2.45) is 0 Å². The van der Waals surface area contributed by atoms with E-state index in [-0.39, 0.29) is 34.8 Å². The van der Waals surface area contributed by atoms with Crippen LogP contribution in [-0.2, 0) is 16.1 Å². The van der Waals surface area contributed by atoms with Crippen molar-refractivity contribution in [3.05, 3.63) is 76.5 Å². The lowest BCUT2D eigenvalue weighted by Gasteiger charge is -2.38. The molecule has 5 rings (SSSR count). The largest absolute Gasteiger partial charge is 0.508 e. The van der Waals surface area contributed by atoms with Gasteiger partial charge in [0.05, 0.1) is 7.11 Å². The van der Waals surface area contributed by atoms with Crippen molar-refractivity contribution in [3.63, 3.8) is 0 Å². The quantitative estimate of drug-likeness (QED) is 0.175. The third-order valence-corrected chi connectivity index (χ3v) is 6.64. The number of hydrogen-bond acceptors (Lipinski definition) is 12. The number of methoxy groups -OCH3 is 1. The fraction of sp³-hybridized carbons (Fsp3) is 0.241. The first-order valence-electron chi connectivity index (χ1n) is 12.6. The van der Waals surface area contributed by atoms with Crippen LogP contribution in [-0.4, -0.2) is 74.4 Å². The Balaban J connectivity index is 1.60. The second kappa shape index (κ2) is 11.6. The Morgan fingerprint density at radius 1 is 0.952 bits per heavy atom. The molecule has 42 heavy (non-hydrogen) atoms. The van der Waals surface area contributed by atoms with Crippen molar-refractivity contribution in [2.45, 2.75) is 37.3 Å². The minimum atomic E-state index is -1.96. The highest BCUT2D eigenvalue weighted by Gasteiger charge is 2.48. The van der Waals surface area contributed by atoms with E-state index in [0.29, 0.717) is 16.9 Å². The van der Waals surface area contributed by atoms with Gasteiger partial charge in [-0.2, -0.15) is 0 Å². The van der Waals surface area contributed by atoms with Crippen LogP contribution in [0.3, 0.4) is 0 Å². The first-order valence-corrected chi connectivity index (χ1v) is 12.6. The smallest absolute Gasteiger partial charge is 0.335 e. The molecule has 0 spiro atoms. The number of aliphatic hydroxyl groups is 3. The molecule has 1 aliphatic heterocycles. The van der Waals surface area contributed by atoms with Crippen LogP contribution >= 0.6 is 0 Å². The average molecular weight is 583 g/mol. The van der Waals surface area contributed by atoms with Crippen molar-refractivity contribution >= 4 is 16.9 Å².